The number of hydrogen-bond acceptors (Lipinski definition) is 4. The van der Waals surface area contributed by atoms with Gasteiger partial charge in [-0.2, -0.15) is 0 Å². The van der Waals surface area contributed by atoms with E-state index < -0.39 is 0 Å². The normalized spacial score (nSPS) is 17.7. The second kappa shape index (κ2) is 10.5. The van der Waals surface area contributed by atoms with E-state index in [2.05, 4.69) is 15.6 Å². The Balaban J connectivity index is 1.62. The molecule has 1 aliphatic heterocycles. The molecule has 1 aromatic heterocycles. The van der Waals surface area contributed by atoms with E-state index in [4.69, 9.17) is 0 Å². The molecule has 0 radical (unpaired) electrons. The molecular weight excluding hydrogens is 388 g/mol. The smallest absolute Gasteiger partial charge is 0.258 e. The second-order valence-electron chi connectivity index (χ2n) is 8.63. The van der Waals surface area contributed by atoms with Crippen molar-refractivity contribution in [3.05, 3.63) is 59.4 Å². The SMILES string of the molecule is O=C(NCC1CC1)c1ccc2c(c1)CNCCCCCCCN2C(=O)c1ccncc1. The summed E-state index contributed by atoms with van der Waals surface area (Å²) in [4.78, 5) is 32.0. The van der Waals surface area contributed by atoms with Crippen LogP contribution in [0.3, 0.4) is 0 Å². The van der Waals surface area contributed by atoms with Crippen molar-refractivity contribution in [2.24, 2.45) is 5.92 Å². The van der Waals surface area contributed by atoms with Gasteiger partial charge in [0.25, 0.3) is 11.8 Å². The Morgan fingerprint density at radius 3 is 2.58 bits per heavy atom. The van der Waals surface area contributed by atoms with Crippen molar-refractivity contribution in [1.82, 2.24) is 15.6 Å². The summed E-state index contributed by atoms with van der Waals surface area (Å²) in [6.07, 6.45) is 11.3. The van der Waals surface area contributed by atoms with E-state index in [9.17, 15) is 9.59 Å². The Morgan fingerprint density at radius 1 is 1.00 bits per heavy atom. The monoisotopic (exact) mass is 420 g/mol. The van der Waals surface area contributed by atoms with Gasteiger partial charge in [0.15, 0.2) is 0 Å². The molecule has 2 N–H and O–H groups in total. The minimum atomic E-state index is -0.0344. The summed E-state index contributed by atoms with van der Waals surface area (Å²) < 4.78 is 0. The standard InChI is InChI=1S/C25H32N4O2/c30-24(28-17-19-6-7-19)21-8-9-23-22(16-21)18-27-12-4-2-1-3-5-15-29(23)25(31)20-10-13-26-14-11-20/h8-11,13-14,16,19,27H,1-7,12,15,17-18H2,(H,28,30). The van der Waals surface area contributed by atoms with E-state index in [1.165, 1.54) is 25.7 Å². The maximum Gasteiger partial charge on any atom is 0.258 e. The van der Waals surface area contributed by atoms with Crippen molar-refractivity contribution in [3.63, 3.8) is 0 Å². The Morgan fingerprint density at radius 2 is 1.77 bits per heavy atom. The summed E-state index contributed by atoms with van der Waals surface area (Å²) in [6, 6.07) is 9.25. The van der Waals surface area contributed by atoms with E-state index in [-0.39, 0.29) is 11.8 Å². The zero-order chi connectivity index (χ0) is 21.5. The van der Waals surface area contributed by atoms with Gasteiger partial charge in [0.1, 0.15) is 0 Å². The van der Waals surface area contributed by atoms with E-state index in [1.54, 1.807) is 24.5 Å². The number of benzene rings is 1. The number of anilines is 1. The van der Waals surface area contributed by atoms with Gasteiger partial charge in [-0.25, -0.2) is 0 Å². The van der Waals surface area contributed by atoms with Crippen LogP contribution in [0.4, 0.5) is 5.69 Å². The first-order valence-electron chi connectivity index (χ1n) is 11.6. The van der Waals surface area contributed by atoms with Crippen molar-refractivity contribution in [2.45, 2.75) is 51.5 Å². The molecule has 2 aliphatic rings. The second-order valence-corrected chi connectivity index (χ2v) is 8.63. The number of fused-ring (bicyclic) bond motifs is 1. The number of carbonyl (C=O) groups is 2. The van der Waals surface area contributed by atoms with Crippen LogP contribution >= 0.6 is 0 Å². The van der Waals surface area contributed by atoms with Gasteiger partial charge in [-0.05, 0) is 74.0 Å². The lowest BCUT2D eigenvalue weighted by Gasteiger charge is -2.27. The topological polar surface area (TPSA) is 74.3 Å². The first-order chi connectivity index (χ1) is 15.2. The molecule has 6 heteroatoms. The van der Waals surface area contributed by atoms with Gasteiger partial charge < -0.3 is 15.5 Å². The van der Waals surface area contributed by atoms with Crippen molar-refractivity contribution >= 4 is 17.5 Å². The molecule has 1 saturated carbocycles. The van der Waals surface area contributed by atoms with Gasteiger partial charge in [0.05, 0.1) is 0 Å². The third-order valence-corrected chi connectivity index (χ3v) is 6.10. The molecule has 2 aromatic rings. The van der Waals surface area contributed by atoms with Crippen LogP contribution in [0.1, 0.15) is 71.2 Å². The molecule has 0 unspecified atom stereocenters. The molecular formula is C25H32N4O2. The lowest BCUT2D eigenvalue weighted by molar-refractivity contribution is 0.0950. The predicted molar refractivity (Wildman–Crippen MR) is 122 cm³/mol. The maximum absolute atomic E-state index is 13.4. The Bertz CT molecular complexity index is 896. The first-order valence-corrected chi connectivity index (χ1v) is 11.6. The average Bonchev–Trinajstić information content (AvgIpc) is 3.63. The highest BCUT2D eigenvalue weighted by Crippen LogP contribution is 2.28. The molecule has 0 saturated heterocycles. The van der Waals surface area contributed by atoms with Gasteiger partial charge in [-0.15, -0.1) is 0 Å². The molecule has 1 aliphatic carbocycles. The number of aromatic nitrogens is 1. The first kappa shape index (κ1) is 21.5. The molecule has 0 atom stereocenters. The molecule has 0 spiro atoms. The summed E-state index contributed by atoms with van der Waals surface area (Å²) in [5, 5.41) is 6.55. The minimum absolute atomic E-state index is 0.0216. The largest absolute Gasteiger partial charge is 0.352 e. The fourth-order valence-electron chi connectivity index (χ4n) is 4.05. The van der Waals surface area contributed by atoms with Crippen LogP contribution in [0.2, 0.25) is 0 Å². The summed E-state index contributed by atoms with van der Waals surface area (Å²) in [5.41, 5.74) is 3.16. The fraction of sp³-hybridized carbons (Fsp3) is 0.480. The van der Waals surface area contributed by atoms with E-state index in [0.29, 0.717) is 30.1 Å². The molecule has 0 bridgehead atoms. The van der Waals surface area contributed by atoms with Crippen molar-refractivity contribution in [3.8, 4) is 0 Å². The Labute approximate surface area is 184 Å². The average molecular weight is 421 g/mol. The lowest BCUT2D eigenvalue weighted by atomic mass is 10.0. The highest BCUT2D eigenvalue weighted by Gasteiger charge is 2.24. The number of hydrogen-bond donors (Lipinski definition) is 2. The van der Waals surface area contributed by atoms with Crippen LogP contribution in [-0.2, 0) is 6.54 Å². The molecule has 2 heterocycles. The number of carbonyl (C=O) groups excluding carboxylic acids is 2. The van der Waals surface area contributed by atoms with E-state index in [0.717, 1.165) is 43.6 Å². The number of nitrogens with zero attached hydrogens (tertiary/aromatic N) is 2. The summed E-state index contributed by atoms with van der Waals surface area (Å²) in [7, 11) is 0. The third kappa shape index (κ3) is 5.91. The maximum atomic E-state index is 13.4. The molecule has 31 heavy (non-hydrogen) atoms. The quantitative estimate of drug-likeness (QED) is 0.786. The lowest BCUT2D eigenvalue weighted by Crippen LogP contribution is -2.34. The van der Waals surface area contributed by atoms with Crippen molar-refractivity contribution in [2.75, 3.05) is 24.5 Å². The molecule has 1 aromatic carbocycles. The minimum Gasteiger partial charge on any atom is -0.352 e. The summed E-state index contributed by atoms with van der Waals surface area (Å²) in [6.45, 7) is 3.00. The van der Waals surface area contributed by atoms with Gasteiger partial charge in [0, 0.05) is 48.8 Å². The van der Waals surface area contributed by atoms with Gasteiger partial charge in [0.2, 0.25) is 0 Å². The van der Waals surface area contributed by atoms with Crippen LogP contribution in [0.25, 0.3) is 0 Å². The van der Waals surface area contributed by atoms with Gasteiger partial charge in [-0.3, -0.25) is 14.6 Å². The number of nitrogens with one attached hydrogen (secondary N) is 2. The summed E-state index contributed by atoms with van der Waals surface area (Å²) >= 11 is 0. The number of amides is 2. The third-order valence-electron chi connectivity index (χ3n) is 6.10. The van der Waals surface area contributed by atoms with E-state index >= 15 is 0 Å². The molecule has 164 valence electrons. The van der Waals surface area contributed by atoms with Gasteiger partial charge >= 0.3 is 0 Å². The zero-order valence-corrected chi connectivity index (χ0v) is 18.1. The summed E-state index contributed by atoms with van der Waals surface area (Å²) in [5.74, 6) is 0.586. The molecule has 6 nitrogen and oxygen atoms in total. The fourth-order valence-corrected chi connectivity index (χ4v) is 4.05. The van der Waals surface area contributed by atoms with Crippen LogP contribution in [0, 0.1) is 5.92 Å². The molecule has 2 amide bonds. The Kier molecular flexibility index (Phi) is 7.30. The van der Waals surface area contributed by atoms with Crippen LogP contribution in [0.5, 0.6) is 0 Å². The van der Waals surface area contributed by atoms with Gasteiger partial charge in [-0.1, -0.05) is 19.3 Å². The van der Waals surface area contributed by atoms with Crippen LogP contribution in [-0.4, -0.2) is 36.4 Å². The highest BCUT2D eigenvalue weighted by molar-refractivity contribution is 6.06. The van der Waals surface area contributed by atoms with Crippen LogP contribution in [0.15, 0.2) is 42.7 Å². The van der Waals surface area contributed by atoms with Crippen LogP contribution < -0.4 is 15.5 Å². The zero-order valence-electron chi connectivity index (χ0n) is 18.1. The van der Waals surface area contributed by atoms with E-state index in [1.807, 2.05) is 23.1 Å². The molecule has 4 rings (SSSR count). The van der Waals surface area contributed by atoms with Crippen molar-refractivity contribution in [1.29, 1.82) is 0 Å². The molecule has 1 fully saturated rings. The highest BCUT2D eigenvalue weighted by atomic mass is 16.2. The number of pyridine rings is 1. The Hall–Kier alpha value is -2.73. The van der Waals surface area contributed by atoms with Crippen molar-refractivity contribution < 1.29 is 9.59 Å². The predicted octanol–water partition coefficient (Wildman–Crippen LogP) is 3.92. The number of rotatable bonds is 4.